The van der Waals surface area contributed by atoms with E-state index in [4.69, 9.17) is 5.11 Å². The number of hydrogen-bond acceptors (Lipinski definition) is 3. The molecule has 6 nitrogen and oxygen atoms in total. The van der Waals surface area contributed by atoms with Crippen LogP contribution >= 0.6 is 0 Å². The van der Waals surface area contributed by atoms with Crippen molar-refractivity contribution in [1.29, 1.82) is 0 Å². The fourth-order valence-corrected chi connectivity index (χ4v) is 3.56. The number of carboxylic acids is 1. The standard InChI is InChI=1S/C12H16N2O4S/c1-7-4-10(7)13-19(17,18)9-5-11(12(15)16)14(6-9)8-2-3-8/h5-8,10,13H,2-4H2,1H3,(H,15,16). The van der Waals surface area contributed by atoms with Gasteiger partial charge in [0.1, 0.15) is 10.6 Å². The zero-order chi connectivity index (χ0) is 13.8. The van der Waals surface area contributed by atoms with Gasteiger partial charge < -0.3 is 9.67 Å². The van der Waals surface area contributed by atoms with Crippen LogP contribution in [0.3, 0.4) is 0 Å². The first-order valence-corrected chi connectivity index (χ1v) is 7.84. The van der Waals surface area contributed by atoms with Crippen molar-refractivity contribution < 1.29 is 18.3 Å². The maximum atomic E-state index is 12.1. The van der Waals surface area contributed by atoms with Crippen molar-refractivity contribution in [3.05, 3.63) is 18.0 Å². The van der Waals surface area contributed by atoms with Gasteiger partial charge in [0, 0.05) is 18.3 Å². The molecule has 0 radical (unpaired) electrons. The van der Waals surface area contributed by atoms with Crippen molar-refractivity contribution >= 4 is 16.0 Å². The van der Waals surface area contributed by atoms with Gasteiger partial charge in [-0.1, -0.05) is 6.92 Å². The average molecular weight is 284 g/mol. The predicted molar refractivity (Wildman–Crippen MR) is 67.6 cm³/mol. The topological polar surface area (TPSA) is 88.4 Å². The van der Waals surface area contributed by atoms with Gasteiger partial charge in [-0.2, -0.15) is 0 Å². The summed E-state index contributed by atoms with van der Waals surface area (Å²) < 4.78 is 28.4. The van der Waals surface area contributed by atoms with E-state index in [-0.39, 0.29) is 22.7 Å². The Balaban J connectivity index is 1.91. The molecule has 7 heteroatoms. The van der Waals surface area contributed by atoms with Gasteiger partial charge in [0.15, 0.2) is 0 Å². The highest BCUT2D eigenvalue weighted by atomic mass is 32.2. The number of nitrogens with zero attached hydrogens (tertiary/aromatic N) is 1. The molecule has 2 aliphatic rings. The van der Waals surface area contributed by atoms with E-state index < -0.39 is 16.0 Å². The zero-order valence-electron chi connectivity index (χ0n) is 10.5. The van der Waals surface area contributed by atoms with E-state index in [0.717, 1.165) is 19.3 Å². The van der Waals surface area contributed by atoms with Crippen molar-refractivity contribution in [2.75, 3.05) is 0 Å². The van der Waals surface area contributed by atoms with Crippen LogP contribution in [0.2, 0.25) is 0 Å². The molecule has 3 rings (SSSR count). The number of carbonyl (C=O) groups is 1. The summed E-state index contributed by atoms with van der Waals surface area (Å²) in [4.78, 5) is 11.2. The second-order valence-corrected chi connectivity index (χ2v) is 7.16. The van der Waals surface area contributed by atoms with Crippen LogP contribution < -0.4 is 4.72 Å². The molecule has 2 atom stereocenters. The number of nitrogens with one attached hydrogen (secondary N) is 1. The number of hydrogen-bond donors (Lipinski definition) is 2. The Morgan fingerprint density at radius 3 is 2.58 bits per heavy atom. The van der Waals surface area contributed by atoms with E-state index in [0.29, 0.717) is 5.92 Å². The summed E-state index contributed by atoms with van der Waals surface area (Å²) >= 11 is 0. The summed E-state index contributed by atoms with van der Waals surface area (Å²) in [5.41, 5.74) is 0.0479. The Labute approximate surface area is 111 Å². The molecule has 0 saturated heterocycles. The average Bonchev–Trinajstić information content (AvgIpc) is 3.21. The van der Waals surface area contributed by atoms with Crippen LogP contribution in [-0.4, -0.2) is 30.1 Å². The van der Waals surface area contributed by atoms with Gasteiger partial charge in [0.05, 0.1) is 0 Å². The lowest BCUT2D eigenvalue weighted by molar-refractivity contribution is 0.0685. The minimum atomic E-state index is -3.61. The molecular formula is C12H16N2O4S. The van der Waals surface area contributed by atoms with Gasteiger partial charge in [-0.3, -0.25) is 0 Å². The first kappa shape index (κ1) is 12.7. The Bertz CT molecular complexity index is 630. The molecule has 0 aromatic carbocycles. The molecule has 0 bridgehead atoms. The first-order valence-electron chi connectivity index (χ1n) is 6.36. The summed E-state index contributed by atoms with van der Waals surface area (Å²) in [5, 5.41) is 9.12. The Morgan fingerprint density at radius 2 is 2.11 bits per heavy atom. The maximum absolute atomic E-state index is 12.1. The Hall–Kier alpha value is -1.34. The lowest BCUT2D eigenvalue weighted by atomic mass is 10.4. The highest BCUT2D eigenvalue weighted by Gasteiger charge is 2.37. The second-order valence-electron chi connectivity index (χ2n) is 5.45. The Kier molecular flexibility index (Phi) is 2.72. The third-order valence-electron chi connectivity index (χ3n) is 3.71. The van der Waals surface area contributed by atoms with E-state index in [9.17, 15) is 13.2 Å². The lowest BCUT2D eigenvalue weighted by Crippen LogP contribution is -2.26. The molecule has 0 spiro atoms. The molecule has 1 heterocycles. The fraction of sp³-hybridized carbons (Fsp3) is 0.583. The van der Waals surface area contributed by atoms with Crippen molar-refractivity contribution in [2.24, 2.45) is 5.92 Å². The fourth-order valence-electron chi connectivity index (χ4n) is 2.18. The second kappa shape index (κ2) is 4.08. The quantitative estimate of drug-likeness (QED) is 0.850. The first-order chi connectivity index (χ1) is 8.88. The molecule has 0 amide bonds. The molecule has 1 aromatic rings. The summed E-state index contributed by atoms with van der Waals surface area (Å²) in [7, 11) is -3.61. The number of rotatable bonds is 5. The van der Waals surface area contributed by atoms with E-state index in [1.54, 1.807) is 4.57 Å². The van der Waals surface area contributed by atoms with Crippen LogP contribution in [0.5, 0.6) is 0 Å². The van der Waals surface area contributed by atoms with Crippen LogP contribution in [-0.2, 0) is 10.0 Å². The number of aromatic carboxylic acids is 1. The van der Waals surface area contributed by atoms with Gasteiger partial charge in [-0.15, -0.1) is 0 Å². The zero-order valence-corrected chi connectivity index (χ0v) is 11.4. The molecule has 0 aliphatic heterocycles. The van der Waals surface area contributed by atoms with Gasteiger partial charge in [0.2, 0.25) is 10.0 Å². The van der Waals surface area contributed by atoms with Crippen molar-refractivity contribution in [2.45, 2.75) is 43.2 Å². The van der Waals surface area contributed by atoms with Crippen molar-refractivity contribution in [3.63, 3.8) is 0 Å². The van der Waals surface area contributed by atoms with Crippen LogP contribution in [0, 0.1) is 5.92 Å². The summed E-state index contributed by atoms with van der Waals surface area (Å²) in [5.74, 6) is -0.729. The normalized spacial score (nSPS) is 26.4. The van der Waals surface area contributed by atoms with Gasteiger partial charge in [0.25, 0.3) is 0 Å². The monoisotopic (exact) mass is 284 g/mol. The molecule has 2 unspecified atom stereocenters. The molecule has 2 saturated carbocycles. The van der Waals surface area contributed by atoms with Crippen LogP contribution in [0.4, 0.5) is 0 Å². The van der Waals surface area contributed by atoms with Crippen LogP contribution in [0.15, 0.2) is 17.2 Å². The SMILES string of the molecule is CC1CC1NS(=O)(=O)c1cc(C(=O)O)n(C2CC2)c1. The summed E-state index contributed by atoms with van der Waals surface area (Å²) in [6, 6.07) is 1.37. The molecular weight excluding hydrogens is 268 g/mol. The van der Waals surface area contributed by atoms with Gasteiger partial charge in [-0.25, -0.2) is 17.9 Å². The van der Waals surface area contributed by atoms with Crippen molar-refractivity contribution in [3.8, 4) is 0 Å². The van der Waals surface area contributed by atoms with Crippen LogP contribution in [0.25, 0.3) is 0 Å². The third kappa shape index (κ3) is 2.40. The Morgan fingerprint density at radius 1 is 1.47 bits per heavy atom. The molecule has 2 aliphatic carbocycles. The molecule has 2 N–H and O–H groups in total. The van der Waals surface area contributed by atoms with E-state index >= 15 is 0 Å². The number of carboxylic acid groups (broad SMARTS) is 1. The highest BCUT2D eigenvalue weighted by Crippen LogP contribution is 2.37. The van der Waals surface area contributed by atoms with E-state index in [1.165, 1.54) is 12.3 Å². The molecule has 104 valence electrons. The molecule has 19 heavy (non-hydrogen) atoms. The highest BCUT2D eigenvalue weighted by molar-refractivity contribution is 7.89. The van der Waals surface area contributed by atoms with Crippen LogP contribution in [0.1, 0.15) is 42.7 Å². The smallest absolute Gasteiger partial charge is 0.352 e. The minimum absolute atomic E-state index is 0.0115. The number of sulfonamides is 1. The van der Waals surface area contributed by atoms with Gasteiger partial charge in [-0.05, 0) is 31.2 Å². The van der Waals surface area contributed by atoms with Gasteiger partial charge >= 0.3 is 5.97 Å². The molecule has 2 fully saturated rings. The van der Waals surface area contributed by atoms with E-state index in [1.807, 2.05) is 6.92 Å². The summed E-state index contributed by atoms with van der Waals surface area (Å²) in [6.45, 7) is 1.98. The van der Waals surface area contributed by atoms with Crippen molar-refractivity contribution in [1.82, 2.24) is 9.29 Å². The molecule has 1 aromatic heterocycles. The summed E-state index contributed by atoms with van der Waals surface area (Å²) in [6.07, 6.45) is 4.09. The maximum Gasteiger partial charge on any atom is 0.352 e. The minimum Gasteiger partial charge on any atom is -0.477 e. The third-order valence-corrected chi connectivity index (χ3v) is 5.17. The largest absolute Gasteiger partial charge is 0.477 e. The van der Waals surface area contributed by atoms with E-state index in [2.05, 4.69) is 4.72 Å². The lowest BCUT2D eigenvalue weighted by Gasteiger charge is -2.03. The predicted octanol–water partition coefficient (Wildman–Crippen LogP) is 1.21. The number of aromatic nitrogens is 1.